The first-order chi connectivity index (χ1) is 8.56. The van der Waals surface area contributed by atoms with E-state index >= 15 is 0 Å². The van der Waals surface area contributed by atoms with Gasteiger partial charge in [0.1, 0.15) is 0 Å². The van der Waals surface area contributed by atoms with Crippen molar-refractivity contribution in [3.63, 3.8) is 0 Å². The van der Waals surface area contributed by atoms with E-state index in [-0.39, 0.29) is 12.0 Å². The third-order valence-electron chi connectivity index (χ3n) is 2.62. The summed E-state index contributed by atoms with van der Waals surface area (Å²) < 4.78 is 36.1. The minimum Gasteiger partial charge on any atom is -0.356 e. The van der Waals surface area contributed by atoms with Gasteiger partial charge in [0, 0.05) is 20.1 Å². The van der Waals surface area contributed by atoms with Gasteiger partial charge < -0.3 is 10.6 Å². The lowest BCUT2D eigenvalue weighted by Gasteiger charge is -2.28. The van der Waals surface area contributed by atoms with Gasteiger partial charge in [-0.2, -0.15) is 13.2 Å². The Bertz CT molecular complexity index is 283. The summed E-state index contributed by atoms with van der Waals surface area (Å²) in [5, 5.41) is 5.74. The molecule has 0 amide bonds. The predicted octanol–water partition coefficient (Wildman–Crippen LogP) is 3.18. The first-order valence-corrected chi connectivity index (χ1v) is 6.57. The monoisotopic (exact) mass is 281 g/mol. The molecule has 6 heteroatoms. The minimum absolute atomic E-state index is 0.0792. The lowest BCUT2D eigenvalue weighted by atomic mass is 9.84. The average molecular weight is 281 g/mol. The topological polar surface area (TPSA) is 36.4 Å². The number of nitrogens with one attached hydrogen (secondary N) is 2. The molecule has 0 bridgehead atoms. The van der Waals surface area contributed by atoms with Gasteiger partial charge in [0.2, 0.25) is 0 Å². The fraction of sp³-hybridized carbons (Fsp3) is 0.923. The lowest BCUT2D eigenvalue weighted by Crippen LogP contribution is -2.43. The molecule has 2 N–H and O–H groups in total. The summed E-state index contributed by atoms with van der Waals surface area (Å²) in [4.78, 5) is 3.92. The Morgan fingerprint density at radius 2 is 1.74 bits per heavy atom. The van der Waals surface area contributed by atoms with Crippen molar-refractivity contribution in [1.82, 2.24) is 10.6 Å². The smallest absolute Gasteiger partial charge is 0.356 e. The Morgan fingerprint density at radius 1 is 1.16 bits per heavy atom. The molecule has 114 valence electrons. The number of rotatable bonds is 6. The lowest BCUT2D eigenvalue weighted by molar-refractivity contribution is -0.132. The van der Waals surface area contributed by atoms with Gasteiger partial charge in [-0.25, -0.2) is 0 Å². The standard InChI is InChI=1S/C13H26F3N3/c1-10(2)8-12(3,4)9-19-11(17-5)18-7-6-13(14,15)16/h10H,6-9H2,1-5H3,(H2,17,18,19). The maximum atomic E-state index is 12.0. The summed E-state index contributed by atoms with van der Waals surface area (Å²) in [7, 11) is 1.55. The van der Waals surface area contributed by atoms with Crippen LogP contribution in [0.5, 0.6) is 0 Å². The number of nitrogens with zero attached hydrogens (tertiary/aromatic N) is 1. The molecule has 0 aliphatic rings. The number of halogens is 3. The molecule has 0 aliphatic heterocycles. The van der Waals surface area contributed by atoms with E-state index in [0.717, 1.165) is 6.42 Å². The largest absolute Gasteiger partial charge is 0.390 e. The summed E-state index contributed by atoms with van der Waals surface area (Å²) in [6, 6.07) is 0. The number of hydrogen-bond donors (Lipinski definition) is 2. The number of hydrogen-bond acceptors (Lipinski definition) is 1. The second kappa shape index (κ2) is 7.60. The van der Waals surface area contributed by atoms with E-state index in [1.165, 1.54) is 0 Å². The van der Waals surface area contributed by atoms with Gasteiger partial charge in [0.15, 0.2) is 5.96 Å². The fourth-order valence-corrected chi connectivity index (χ4v) is 2.04. The van der Waals surface area contributed by atoms with E-state index in [1.54, 1.807) is 7.05 Å². The zero-order valence-electron chi connectivity index (χ0n) is 12.5. The van der Waals surface area contributed by atoms with Crippen LogP contribution in [0.3, 0.4) is 0 Å². The maximum Gasteiger partial charge on any atom is 0.390 e. The van der Waals surface area contributed by atoms with Crippen molar-refractivity contribution in [3.8, 4) is 0 Å². The second-order valence-electron chi connectivity index (χ2n) is 5.98. The van der Waals surface area contributed by atoms with Crippen LogP contribution >= 0.6 is 0 Å². The van der Waals surface area contributed by atoms with E-state index in [1.807, 2.05) is 0 Å². The molecule has 0 aromatic rings. The summed E-state index contributed by atoms with van der Waals surface area (Å²) in [5.41, 5.74) is 0.0792. The number of aliphatic imine (C=N–C) groups is 1. The number of alkyl halides is 3. The second-order valence-corrected chi connectivity index (χ2v) is 5.98. The van der Waals surface area contributed by atoms with Crippen LogP contribution in [-0.2, 0) is 0 Å². The molecule has 0 radical (unpaired) electrons. The maximum absolute atomic E-state index is 12.0. The van der Waals surface area contributed by atoms with Crippen LogP contribution < -0.4 is 10.6 Å². The van der Waals surface area contributed by atoms with Crippen LogP contribution in [0, 0.1) is 11.3 Å². The Labute approximate surface area is 114 Å². The van der Waals surface area contributed by atoms with Crippen LogP contribution in [-0.4, -0.2) is 32.3 Å². The molecular formula is C13H26F3N3. The molecule has 0 saturated heterocycles. The minimum atomic E-state index is -4.14. The van der Waals surface area contributed by atoms with Crippen molar-refractivity contribution in [2.24, 2.45) is 16.3 Å². The van der Waals surface area contributed by atoms with Gasteiger partial charge in [-0.05, 0) is 17.8 Å². The Balaban J connectivity index is 4.08. The molecule has 0 rings (SSSR count). The summed E-state index contributed by atoms with van der Waals surface area (Å²) in [6.45, 7) is 9.08. The predicted molar refractivity (Wildman–Crippen MR) is 73.3 cm³/mol. The average Bonchev–Trinajstić information content (AvgIpc) is 2.19. The zero-order valence-corrected chi connectivity index (χ0v) is 12.5. The van der Waals surface area contributed by atoms with Gasteiger partial charge in [-0.1, -0.05) is 27.7 Å². The normalized spacial score (nSPS) is 13.8. The number of guanidine groups is 1. The van der Waals surface area contributed by atoms with Crippen LogP contribution in [0.1, 0.15) is 40.5 Å². The highest BCUT2D eigenvalue weighted by atomic mass is 19.4. The van der Waals surface area contributed by atoms with E-state index in [9.17, 15) is 13.2 Å². The molecule has 0 aliphatic carbocycles. The van der Waals surface area contributed by atoms with Crippen molar-refractivity contribution in [2.75, 3.05) is 20.1 Å². The third-order valence-corrected chi connectivity index (χ3v) is 2.62. The Hall–Kier alpha value is -0.940. The van der Waals surface area contributed by atoms with Gasteiger partial charge in [-0.3, -0.25) is 4.99 Å². The molecule has 0 aromatic carbocycles. The quantitative estimate of drug-likeness (QED) is 0.579. The van der Waals surface area contributed by atoms with E-state index in [2.05, 4.69) is 43.3 Å². The van der Waals surface area contributed by atoms with Gasteiger partial charge in [-0.15, -0.1) is 0 Å². The van der Waals surface area contributed by atoms with Crippen LogP contribution in [0.15, 0.2) is 4.99 Å². The van der Waals surface area contributed by atoms with Crippen LogP contribution in [0.4, 0.5) is 13.2 Å². The van der Waals surface area contributed by atoms with Crippen LogP contribution in [0.2, 0.25) is 0 Å². The first-order valence-electron chi connectivity index (χ1n) is 6.57. The van der Waals surface area contributed by atoms with Crippen molar-refractivity contribution >= 4 is 5.96 Å². The Morgan fingerprint density at radius 3 is 2.16 bits per heavy atom. The Kier molecular flexibility index (Phi) is 7.23. The van der Waals surface area contributed by atoms with E-state index in [4.69, 9.17) is 0 Å². The van der Waals surface area contributed by atoms with Crippen molar-refractivity contribution < 1.29 is 13.2 Å². The van der Waals surface area contributed by atoms with Crippen molar-refractivity contribution in [3.05, 3.63) is 0 Å². The molecule has 0 atom stereocenters. The third kappa shape index (κ3) is 10.7. The molecular weight excluding hydrogens is 255 g/mol. The van der Waals surface area contributed by atoms with Gasteiger partial charge >= 0.3 is 6.18 Å². The summed E-state index contributed by atoms with van der Waals surface area (Å²) in [5.74, 6) is 0.998. The highest BCUT2D eigenvalue weighted by Gasteiger charge is 2.26. The highest BCUT2D eigenvalue weighted by molar-refractivity contribution is 5.79. The molecule has 0 unspecified atom stereocenters. The molecule has 19 heavy (non-hydrogen) atoms. The van der Waals surface area contributed by atoms with E-state index < -0.39 is 12.6 Å². The summed E-state index contributed by atoms with van der Waals surface area (Å²) in [6.07, 6.45) is -3.95. The molecule has 0 aromatic heterocycles. The van der Waals surface area contributed by atoms with Crippen molar-refractivity contribution in [1.29, 1.82) is 0 Å². The molecule has 3 nitrogen and oxygen atoms in total. The zero-order chi connectivity index (χ0) is 15.1. The van der Waals surface area contributed by atoms with Gasteiger partial charge in [0.25, 0.3) is 0 Å². The van der Waals surface area contributed by atoms with Gasteiger partial charge in [0.05, 0.1) is 6.42 Å². The molecule has 0 heterocycles. The van der Waals surface area contributed by atoms with E-state index in [0.29, 0.717) is 18.4 Å². The molecule has 0 saturated carbocycles. The SMILES string of the molecule is CN=C(NCCC(F)(F)F)NCC(C)(C)CC(C)C. The molecule has 0 fully saturated rings. The van der Waals surface area contributed by atoms with Crippen molar-refractivity contribution in [2.45, 2.75) is 46.7 Å². The summed E-state index contributed by atoms with van der Waals surface area (Å²) >= 11 is 0. The first kappa shape index (κ1) is 18.1. The molecule has 0 spiro atoms. The van der Waals surface area contributed by atoms with Crippen LogP contribution in [0.25, 0.3) is 0 Å². The highest BCUT2D eigenvalue weighted by Crippen LogP contribution is 2.24. The fourth-order valence-electron chi connectivity index (χ4n) is 2.04.